The number of likely N-dealkylation sites (tertiary alicyclic amines) is 1. The molecule has 0 N–H and O–H groups in total. The van der Waals surface area contributed by atoms with E-state index in [1.807, 2.05) is 20.8 Å². The van der Waals surface area contributed by atoms with Crippen LogP contribution in [0, 0.1) is 17.8 Å². The van der Waals surface area contributed by atoms with E-state index in [9.17, 15) is 9.59 Å². The number of ketones is 1. The molecule has 2 aliphatic carbocycles. The molecule has 0 aromatic rings. The summed E-state index contributed by atoms with van der Waals surface area (Å²) >= 11 is 0. The van der Waals surface area contributed by atoms with Crippen molar-refractivity contribution in [3.8, 4) is 0 Å². The predicted molar refractivity (Wildman–Crippen MR) is 61.4 cm³/mol. The average Bonchev–Trinajstić information content (AvgIpc) is 2.73. The second-order valence-electron chi connectivity index (χ2n) is 6.57. The maximum absolute atomic E-state index is 12.1. The Bertz CT molecular complexity index is 383. The second kappa shape index (κ2) is 3.24. The van der Waals surface area contributed by atoms with Crippen LogP contribution in [-0.4, -0.2) is 35.0 Å². The quantitative estimate of drug-likeness (QED) is 0.645. The van der Waals surface area contributed by atoms with Gasteiger partial charge in [-0.2, -0.15) is 0 Å². The molecule has 2 saturated carbocycles. The van der Waals surface area contributed by atoms with Crippen LogP contribution >= 0.6 is 0 Å². The normalized spacial score (nSPS) is 39.0. The molecule has 94 valence electrons. The van der Waals surface area contributed by atoms with Gasteiger partial charge in [-0.05, 0) is 45.4 Å². The van der Waals surface area contributed by atoms with Crippen LogP contribution < -0.4 is 0 Å². The fourth-order valence-corrected chi connectivity index (χ4v) is 3.70. The van der Waals surface area contributed by atoms with Crippen LogP contribution in [0.4, 0.5) is 4.79 Å². The molecule has 1 saturated heterocycles. The van der Waals surface area contributed by atoms with Crippen molar-refractivity contribution in [3.05, 3.63) is 0 Å². The Kier molecular flexibility index (Phi) is 2.11. The molecule has 4 unspecified atom stereocenters. The van der Waals surface area contributed by atoms with Gasteiger partial charge >= 0.3 is 6.09 Å². The second-order valence-corrected chi connectivity index (χ2v) is 6.57. The van der Waals surface area contributed by atoms with Gasteiger partial charge in [0.05, 0.1) is 6.04 Å². The lowest BCUT2D eigenvalue weighted by molar-refractivity contribution is -0.125. The summed E-state index contributed by atoms with van der Waals surface area (Å²) in [6.07, 6.45) is 1.66. The first-order chi connectivity index (χ1) is 7.87. The summed E-state index contributed by atoms with van der Waals surface area (Å²) in [6, 6.07) is -0.173. The monoisotopic (exact) mass is 237 g/mol. The molecule has 4 nitrogen and oxygen atoms in total. The van der Waals surface area contributed by atoms with Crippen LogP contribution in [0.5, 0.6) is 0 Å². The minimum Gasteiger partial charge on any atom is -0.444 e. The standard InChI is InChI=1S/C13H19NO3/c1-13(2,3)17-12(16)14-6-8-4-7-5-9(8)10(14)11(7)15/h7-10H,4-6H2,1-3H3. The number of nitrogens with zero attached hydrogens (tertiary/aromatic N) is 1. The van der Waals surface area contributed by atoms with Crippen LogP contribution in [0.2, 0.25) is 0 Å². The molecule has 0 spiro atoms. The zero-order valence-corrected chi connectivity index (χ0v) is 10.6. The number of carbonyl (C=O) groups excluding carboxylic acids is 2. The van der Waals surface area contributed by atoms with Crippen LogP contribution in [0.15, 0.2) is 0 Å². The third kappa shape index (κ3) is 1.57. The highest BCUT2D eigenvalue weighted by atomic mass is 16.6. The van der Waals surface area contributed by atoms with Crippen LogP contribution in [0.1, 0.15) is 33.6 Å². The zero-order chi connectivity index (χ0) is 12.4. The molecule has 1 aliphatic heterocycles. The minimum atomic E-state index is -0.486. The molecule has 0 aromatic heterocycles. The maximum Gasteiger partial charge on any atom is 0.410 e. The Labute approximate surface area is 101 Å². The lowest BCUT2D eigenvalue weighted by Gasteiger charge is -2.27. The Morgan fingerprint density at radius 1 is 1.35 bits per heavy atom. The number of ether oxygens (including phenoxy) is 1. The molecule has 2 bridgehead atoms. The van der Waals surface area contributed by atoms with E-state index in [2.05, 4.69) is 0 Å². The molecule has 1 heterocycles. The molecule has 3 aliphatic rings. The molecule has 0 radical (unpaired) electrons. The topological polar surface area (TPSA) is 46.6 Å². The fourth-order valence-electron chi connectivity index (χ4n) is 3.70. The van der Waals surface area contributed by atoms with Gasteiger partial charge in [0, 0.05) is 12.5 Å². The fraction of sp³-hybridized carbons (Fsp3) is 0.846. The molecule has 1 amide bonds. The predicted octanol–water partition coefficient (Wildman–Crippen LogP) is 1.83. The SMILES string of the molecule is CC(C)(C)OC(=O)N1CC2CC3CC2C1C3=O. The molecule has 17 heavy (non-hydrogen) atoms. The molecular formula is C13H19NO3. The summed E-state index contributed by atoms with van der Waals surface area (Å²) in [4.78, 5) is 25.8. The lowest BCUT2D eigenvalue weighted by Crippen LogP contribution is -2.43. The highest BCUT2D eigenvalue weighted by Crippen LogP contribution is 2.53. The summed E-state index contributed by atoms with van der Waals surface area (Å²) in [5, 5.41) is 0. The van der Waals surface area contributed by atoms with Crippen molar-refractivity contribution in [2.24, 2.45) is 17.8 Å². The van der Waals surface area contributed by atoms with Crippen molar-refractivity contribution in [2.75, 3.05) is 6.54 Å². The minimum absolute atomic E-state index is 0.173. The average molecular weight is 237 g/mol. The highest BCUT2D eigenvalue weighted by Gasteiger charge is 2.60. The van der Waals surface area contributed by atoms with Gasteiger partial charge < -0.3 is 4.74 Å². The molecular weight excluding hydrogens is 218 g/mol. The molecule has 4 heteroatoms. The third-order valence-electron chi connectivity index (χ3n) is 4.24. The third-order valence-corrected chi connectivity index (χ3v) is 4.24. The number of hydrogen-bond donors (Lipinski definition) is 0. The number of fused-ring (bicyclic) bond motifs is 1. The summed E-state index contributed by atoms with van der Waals surface area (Å²) in [5.74, 6) is 1.45. The van der Waals surface area contributed by atoms with Gasteiger partial charge in [0.15, 0.2) is 5.78 Å². The molecule has 0 aromatic carbocycles. The van der Waals surface area contributed by atoms with E-state index in [0.717, 1.165) is 12.8 Å². The van der Waals surface area contributed by atoms with Gasteiger partial charge in [-0.25, -0.2) is 4.79 Å². The summed E-state index contributed by atoms with van der Waals surface area (Å²) in [6.45, 7) is 6.28. The van der Waals surface area contributed by atoms with Gasteiger partial charge in [0.2, 0.25) is 0 Å². The van der Waals surface area contributed by atoms with Gasteiger partial charge in [-0.15, -0.1) is 0 Å². The van der Waals surface area contributed by atoms with Gasteiger partial charge in [0.25, 0.3) is 0 Å². The van der Waals surface area contributed by atoms with Crippen LogP contribution in [-0.2, 0) is 9.53 Å². The zero-order valence-electron chi connectivity index (χ0n) is 10.6. The van der Waals surface area contributed by atoms with E-state index in [4.69, 9.17) is 4.74 Å². The summed E-state index contributed by atoms with van der Waals surface area (Å²) in [5.41, 5.74) is -0.486. The van der Waals surface area contributed by atoms with Crippen molar-refractivity contribution in [2.45, 2.75) is 45.3 Å². The number of carbonyl (C=O) groups is 2. The van der Waals surface area contributed by atoms with Gasteiger partial charge in [-0.1, -0.05) is 0 Å². The number of hydrogen-bond acceptors (Lipinski definition) is 3. The van der Waals surface area contributed by atoms with Crippen molar-refractivity contribution in [1.82, 2.24) is 4.90 Å². The van der Waals surface area contributed by atoms with E-state index in [0.29, 0.717) is 18.4 Å². The Morgan fingerprint density at radius 3 is 2.65 bits per heavy atom. The van der Waals surface area contributed by atoms with Crippen molar-refractivity contribution in [1.29, 1.82) is 0 Å². The number of amides is 1. The van der Waals surface area contributed by atoms with E-state index in [-0.39, 0.29) is 23.8 Å². The summed E-state index contributed by atoms with van der Waals surface area (Å²) in [7, 11) is 0. The Morgan fingerprint density at radius 2 is 2.06 bits per heavy atom. The number of rotatable bonds is 0. The smallest absolute Gasteiger partial charge is 0.410 e. The van der Waals surface area contributed by atoms with Gasteiger partial charge in [-0.3, -0.25) is 9.69 Å². The van der Waals surface area contributed by atoms with Crippen LogP contribution in [0.3, 0.4) is 0 Å². The van der Waals surface area contributed by atoms with E-state index < -0.39 is 5.60 Å². The first-order valence-corrected chi connectivity index (χ1v) is 6.40. The summed E-state index contributed by atoms with van der Waals surface area (Å²) < 4.78 is 5.38. The van der Waals surface area contributed by atoms with E-state index in [1.165, 1.54) is 0 Å². The first kappa shape index (κ1) is 11.1. The van der Waals surface area contributed by atoms with Crippen molar-refractivity contribution >= 4 is 11.9 Å². The van der Waals surface area contributed by atoms with Crippen LogP contribution in [0.25, 0.3) is 0 Å². The van der Waals surface area contributed by atoms with E-state index >= 15 is 0 Å². The molecule has 3 rings (SSSR count). The Balaban J connectivity index is 1.78. The Hall–Kier alpha value is -1.06. The molecule has 4 atom stereocenters. The highest BCUT2D eigenvalue weighted by molar-refractivity contribution is 5.93. The van der Waals surface area contributed by atoms with Gasteiger partial charge in [0.1, 0.15) is 5.60 Å². The molecule has 3 fully saturated rings. The van der Waals surface area contributed by atoms with Crippen molar-refractivity contribution < 1.29 is 14.3 Å². The van der Waals surface area contributed by atoms with Crippen molar-refractivity contribution in [3.63, 3.8) is 0 Å². The maximum atomic E-state index is 12.1. The number of Topliss-reactive ketones (excluding diaryl/α,β-unsaturated/α-hetero) is 1. The lowest BCUT2D eigenvalue weighted by atomic mass is 9.89. The van der Waals surface area contributed by atoms with E-state index in [1.54, 1.807) is 4.90 Å². The first-order valence-electron chi connectivity index (χ1n) is 6.40. The largest absolute Gasteiger partial charge is 0.444 e.